The molecule has 2 aliphatic rings. The van der Waals surface area contributed by atoms with Gasteiger partial charge in [-0.2, -0.15) is 0 Å². The quantitative estimate of drug-likeness (QED) is 0.341. The number of hydrogen-bond donors (Lipinski definition) is 0. The van der Waals surface area contributed by atoms with Crippen molar-refractivity contribution < 1.29 is 23.8 Å². The van der Waals surface area contributed by atoms with Gasteiger partial charge in [-0.15, -0.1) is 5.10 Å². The van der Waals surface area contributed by atoms with Crippen LogP contribution in [0.2, 0.25) is 5.02 Å². The Morgan fingerprint density at radius 3 is 2.54 bits per heavy atom. The summed E-state index contributed by atoms with van der Waals surface area (Å²) in [4.78, 5) is 33.4. The van der Waals surface area contributed by atoms with E-state index in [4.69, 9.17) is 25.8 Å². The topological polar surface area (TPSA) is 108 Å². The van der Waals surface area contributed by atoms with E-state index in [1.165, 1.54) is 12.0 Å². The smallest absolute Gasteiger partial charge is 0.335 e. The number of esters is 1. The zero-order valence-corrected chi connectivity index (χ0v) is 21.7. The molecule has 0 aliphatic carbocycles. The summed E-state index contributed by atoms with van der Waals surface area (Å²) >= 11 is 6.69. The minimum atomic E-state index is -1.86. The van der Waals surface area contributed by atoms with Crippen molar-refractivity contribution in [2.45, 2.75) is 18.2 Å². The minimum absolute atomic E-state index is 0.0654. The van der Waals surface area contributed by atoms with E-state index >= 15 is 0 Å². The van der Waals surface area contributed by atoms with E-state index in [1.54, 1.807) is 60.5 Å². The monoisotopic (exact) mass is 543 g/mol. The first-order chi connectivity index (χ1) is 19.0. The molecule has 0 bridgehead atoms. The lowest BCUT2D eigenvalue weighted by molar-refractivity contribution is -0.152. The summed E-state index contributed by atoms with van der Waals surface area (Å²) in [5.74, 6) is -0.488. The Kier molecular flexibility index (Phi) is 6.03. The minimum Gasteiger partial charge on any atom is -0.497 e. The molecule has 1 spiro atoms. The summed E-state index contributed by atoms with van der Waals surface area (Å²) in [7, 11) is 2.80. The van der Waals surface area contributed by atoms with Gasteiger partial charge in [0.1, 0.15) is 11.4 Å². The van der Waals surface area contributed by atoms with Crippen LogP contribution in [-0.4, -0.2) is 53.0 Å². The van der Waals surface area contributed by atoms with E-state index < -0.39 is 23.5 Å². The Morgan fingerprint density at radius 2 is 1.82 bits per heavy atom. The fourth-order valence-electron chi connectivity index (χ4n) is 4.91. The van der Waals surface area contributed by atoms with E-state index in [2.05, 4.69) is 15.3 Å². The normalized spacial score (nSPS) is 19.6. The lowest BCUT2D eigenvalue weighted by Crippen LogP contribution is -2.50. The molecule has 3 heterocycles. The van der Waals surface area contributed by atoms with Gasteiger partial charge in [0.25, 0.3) is 11.5 Å². The predicted molar refractivity (Wildman–Crippen MR) is 142 cm³/mol. The number of nitrogens with zero attached hydrogens (tertiary/aromatic N) is 5. The van der Waals surface area contributed by atoms with Crippen molar-refractivity contribution in [3.8, 4) is 11.4 Å². The second kappa shape index (κ2) is 9.55. The van der Waals surface area contributed by atoms with Crippen LogP contribution in [-0.2, 0) is 31.2 Å². The van der Waals surface area contributed by atoms with Crippen LogP contribution in [0.5, 0.6) is 5.75 Å². The molecular formula is C28H22ClN5O5. The third kappa shape index (κ3) is 3.91. The number of para-hydroxylation sites is 1. The summed E-state index contributed by atoms with van der Waals surface area (Å²) < 4.78 is 18.3. The number of rotatable bonds is 6. The number of aliphatic imine (C=N–C) groups is 1. The summed E-state index contributed by atoms with van der Waals surface area (Å²) in [6.07, 6.45) is 1.74. The Labute approximate surface area is 228 Å². The molecule has 196 valence electrons. The van der Waals surface area contributed by atoms with Crippen LogP contribution in [0.4, 0.5) is 5.69 Å². The van der Waals surface area contributed by atoms with Crippen LogP contribution in [0.25, 0.3) is 5.69 Å². The maximum atomic E-state index is 14.3. The standard InChI is InChI=1S/C28H22ClN5O5/c1-37-20-13-11-17(12-14-20)25-30-24(26(35)38-2)28(39-25)23-21(29)9-6-10-22(23)33(27(28)36)15-18-16-34(32-31-18)19-7-4-3-5-8-19/h3-14,16,24H,15H2,1-2H3/t24-,28-/m0/s1. The number of aromatic nitrogens is 3. The highest BCUT2D eigenvalue weighted by atomic mass is 35.5. The number of carbonyl (C=O) groups excluding carboxylic acids is 2. The molecular weight excluding hydrogens is 522 g/mol. The fraction of sp³-hybridized carbons (Fsp3) is 0.179. The predicted octanol–water partition coefficient (Wildman–Crippen LogP) is 3.69. The average molecular weight is 544 g/mol. The maximum Gasteiger partial charge on any atom is 0.335 e. The van der Waals surface area contributed by atoms with Crippen molar-refractivity contribution in [3.05, 3.63) is 101 Å². The van der Waals surface area contributed by atoms with Crippen molar-refractivity contribution in [1.82, 2.24) is 15.0 Å². The number of methoxy groups -OCH3 is 2. The van der Waals surface area contributed by atoms with Crippen LogP contribution in [0.15, 0.2) is 84.0 Å². The summed E-state index contributed by atoms with van der Waals surface area (Å²) in [5.41, 5.74) is 0.889. The van der Waals surface area contributed by atoms with Crippen molar-refractivity contribution in [3.63, 3.8) is 0 Å². The number of amides is 1. The van der Waals surface area contributed by atoms with Crippen LogP contribution in [0.3, 0.4) is 0 Å². The largest absolute Gasteiger partial charge is 0.497 e. The number of benzene rings is 3. The lowest BCUT2D eigenvalue weighted by atomic mass is 9.88. The second-order valence-corrected chi connectivity index (χ2v) is 9.35. The number of carbonyl (C=O) groups is 2. The summed E-state index contributed by atoms with van der Waals surface area (Å²) in [6, 6.07) is 20.2. The Balaban J connectivity index is 1.41. The van der Waals surface area contributed by atoms with E-state index in [0.29, 0.717) is 28.3 Å². The van der Waals surface area contributed by atoms with Gasteiger partial charge in [-0.05, 0) is 48.5 Å². The molecule has 0 saturated carbocycles. The molecule has 0 radical (unpaired) electrons. The number of fused-ring (bicyclic) bond motifs is 2. The highest BCUT2D eigenvalue weighted by Gasteiger charge is 2.65. The summed E-state index contributed by atoms with van der Waals surface area (Å²) in [5, 5.41) is 8.73. The van der Waals surface area contributed by atoms with Gasteiger partial charge in [0.2, 0.25) is 11.9 Å². The Bertz CT molecular complexity index is 1600. The van der Waals surface area contributed by atoms with Gasteiger partial charge < -0.3 is 19.1 Å². The first-order valence-corrected chi connectivity index (χ1v) is 12.4. The van der Waals surface area contributed by atoms with Gasteiger partial charge in [-0.25, -0.2) is 14.5 Å². The van der Waals surface area contributed by atoms with Crippen LogP contribution < -0.4 is 9.64 Å². The first kappa shape index (κ1) is 24.6. The molecule has 39 heavy (non-hydrogen) atoms. The van der Waals surface area contributed by atoms with Crippen molar-refractivity contribution in [1.29, 1.82) is 0 Å². The van der Waals surface area contributed by atoms with Crippen LogP contribution >= 0.6 is 11.6 Å². The third-order valence-electron chi connectivity index (χ3n) is 6.75. The van der Waals surface area contributed by atoms with E-state index in [9.17, 15) is 9.59 Å². The molecule has 3 aromatic carbocycles. The molecule has 0 saturated heterocycles. The number of halogens is 1. The molecule has 0 N–H and O–H groups in total. The highest BCUT2D eigenvalue weighted by Crippen LogP contribution is 2.52. The molecule has 10 nitrogen and oxygen atoms in total. The van der Waals surface area contributed by atoms with E-state index in [0.717, 1.165) is 5.69 Å². The maximum absolute atomic E-state index is 14.3. The van der Waals surface area contributed by atoms with E-state index in [-0.39, 0.29) is 17.5 Å². The third-order valence-corrected chi connectivity index (χ3v) is 7.06. The first-order valence-electron chi connectivity index (χ1n) is 12.0. The van der Waals surface area contributed by atoms with Gasteiger partial charge in [0, 0.05) is 5.56 Å². The lowest BCUT2D eigenvalue weighted by Gasteiger charge is -2.27. The molecule has 0 fully saturated rings. The Hall–Kier alpha value is -4.70. The van der Waals surface area contributed by atoms with E-state index in [1.807, 2.05) is 30.3 Å². The molecule has 4 aromatic rings. The van der Waals surface area contributed by atoms with Gasteiger partial charge in [-0.3, -0.25) is 4.79 Å². The summed E-state index contributed by atoms with van der Waals surface area (Å²) in [6.45, 7) is 0.0654. The van der Waals surface area contributed by atoms with Gasteiger partial charge in [0.05, 0.1) is 48.9 Å². The number of hydrogen-bond acceptors (Lipinski definition) is 8. The molecule has 1 amide bonds. The molecule has 11 heteroatoms. The molecule has 2 aliphatic heterocycles. The number of anilines is 1. The second-order valence-electron chi connectivity index (χ2n) is 8.94. The fourth-order valence-corrected chi connectivity index (χ4v) is 5.22. The Morgan fingerprint density at radius 1 is 1.05 bits per heavy atom. The number of ether oxygens (including phenoxy) is 3. The average Bonchev–Trinajstić information content (AvgIpc) is 3.67. The zero-order chi connectivity index (χ0) is 27.1. The van der Waals surface area contributed by atoms with Gasteiger partial charge in [-0.1, -0.05) is 41.1 Å². The van der Waals surface area contributed by atoms with Crippen molar-refractivity contribution in [2.75, 3.05) is 19.1 Å². The zero-order valence-electron chi connectivity index (χ0n) is 20.9. The highest BCUT2D eigenvalue weighted by molar-refractivity contribution is 6.33. The van der Waals surface area contributed by atoms with Crippen LogP contribution in [0.1, 0.15) is 16.8 Å². The molecule has 6 rings (SSSR count). The van der Waals surface area contributed by atoms with Gasteiger partial charge in [0.15, 0.2) is 0 Å². The molecule has 1 aromatic heterocycles. The van der Waals surface area contributed by atoms with Gasteiger partial charge >= 0.3 is 5.97 Å². The molecule has 0 unspecified atom stereocenters. The SMILES string of the molecule is COC(=O)[C@@H]1N=C(c2ccc(OC)cc2)O[C@]12C(=O)N(Cc1cn(-c3ccccc3)nn1)c1cccc(Cl)c12. The van der Waals surface area contributed by atoms with Crippen molar-refractivity contribution >= 4 is 35.1 Å². The van der Waals surface area contributed by atoms with Crippen LogP contribution in [0, 0.1) is 0 Å². The van der Waals surface area contributed by atoms with Crippen molar-refractivity contribution in [2.24, 2.45) is 4.99 Å². The molecule has 2 atom stereocenters.